The van der Waals surface area contributed by atoms with Crippen molar-refractivity contribution in [2.75, 3.05) is 23.3 Å². The second-order valence-electron chi connectivity index (χ2n) is 7.89. The number of halogens is 4. The predicted molar refractivity (Wildman–Crippen MR) is 114 cm³/mol. The van der Waals surface area contributed by atoms with E-state index in [4.69, 9.17) is 16.3 Å². The van der Waals surface area contributed by atoms with Gasteiger partial charge in [0.25, 0.3) is 6.43 Å². The van der Waals surface area contributed by atoms with Crippen molar-refractivity contribution in [2.45, 2.75) is 30.4 Å². The molecule has 4 heterocycles. The van der Waals surface area contributed by atoms with Crippen LogP contribution < -0.4 is 15.0 Å². The van der Waals surface area contributed by atoms with Crippen LogP contribution in [0.25, 0.3) is 11.3 Å². The Labute approximate surface area is 191 Å². The van der Waals surface area contributed by atoms with Crippen LogP contribution in [0.4, 0.5) is 24.7 Å². The number of rotatable bonds is 5. The third kappa shape index (κ3) is 3.65. The van der Waals surface area contributed by atoms with Crippen LogP contribution >= 0.6 is 11.6 Å². The minimum atomic E-state index is -2.70. The number of nitrogens with zero attached hydrogens (tertiary/aromatic N) is 5. The highest BCUT2D eigenvalue weighted by Gasteiger charge is 2.56. The lowest BCUT2D eigenvalue weighted by molar-refractivity contribution is 0.0528. The zero-order valence-electron chi connectivity index (χ0n) is 17.1. The first kappa shape index (κ1) is 21.5. The standard InChI is InChI=1S/C21H18ClF3N6O2/c22-6-11-7-27-17(8-26-11)33-12-5-21(20(24)25)10-28-19-16(31(21)9-12)4-15(29-30-19)13-2-1-3-14(23)18(13)32/h1-4,7-8,12,20,32H,5-6,9-10H2,(H,28,30)/t12-,21+/m1/s1. The number of anilines is 2. The molecule has 1 aromatic carbocycles. The Hall–Kier alpha value is -3.34. The topological polar surface area (TPSA) is 96.3 Å². The molecular weight excluding hydrogens is 461 g/mol. The van der Waals surface area contributed by atoms with E-state index < -0.39 is 29.6 Å². The Morgan fingerprint density at radius 3 is 2.85 bits per heavy atom. The van der Waals surface area contributed by atoms with Crippen LogP contribution in [0, 0.1) is 5.82 Å². The maximum Gasteiger partial charge on any atom is 0.263 e. The van der Waals surface area contributed by atoms with Crippen LogP contribution in [0.5, 0.6) is 11.6 Å². The van der Waals surface area contributed by atoms with E-state index in [9.17, 15) is 18.3 Å². The van der Waals surface area contributed by atoms with E-state index in [2.05, 4.69) is 25.5 Å². The maximum atomic E-state index is 14.4. The molecule has 172 valence electrons. The number of phenols is 1. The summed E-state index contributed by atoms with van der Waals surface area (Å²) in [6, 6.07) is 5.52. The smallest absolute Gasteiger partial charge is 0.263 e. The van der Waals surface area contributed by atoms with E-state index in [-0.39, 0.29) is 42.5 Å². The van der Waals surface area contributed by atoms with Crippen LogP contribution in [0.3, 0.4) is 0 Å². The molecule has 1 saturated heterocycles. The monoisotopic (exact) mass is 478 g/mol. The number of aromatic hydroxyl groups is 1. The van der Waals surface area contributed by atoms with Crippen LogP contribution in [0.2, 0.25) is 0 Å². The van der Waals surface area contributed by atoms with Gasteiger partial charge in [-0.15, -0.1) is 21.8 Å². The fraction of sp³-hybridized carbons (Fsp3) is 0.333. The van der Waals surface area contributed by atoms with Gasteiger partial charge in [0.1, 0.15) is 11.6 Å². The zero-order valence-corrected chi connectivity index (χ0v) is 17.8. The van der Waals surface area contributed by atoms with Gasteiger partial charge in [0.15, 0.2) is 17.4 Å². The number of para-hydroxylation sites is 1. The number of nitrogens with one attached hydrogen (secondary N) is 1. The van der Waals surface area contributed by atoms with Gasteiger partial charge < -0.3 is 20.1 Å². The summed E-state index contributed by atoms with van der Waals surface area (Å²) in [5.41, 5.74) is -0.345. The number of hydrogen-bond donors (Lipinski definition) is 2. The molecule has 2 aliphatic heterocycles. The van der Waals surface area contributed by atoms with Crippen molar-refractivity contribution in [1.82, 2.24) is 20.2 Å². The minimum absolute atomic E-state index is 0.0267. The van der Waals surface area contributed by atoms with Crippen molar-refractivity contribution in [2.24, 2.45) is 0 Å². The second kappa shape index (κ2) is 8.22. The summed E-state index contributed by atoms with van der Waals surface area (Å²) < 4.78 is 48.5. The molecule has 0 bridgehead atoms. The van der Waals surface area contributed by atoms with E-state index >= 15 is 0 Å². The minimum Gasteiger partial charge on any atom is -0.504 e. The molecule has 0 unspecified atom stereocenters. The van der Waals surface area contributed by atoms with E-state index in [1.807, 2.05) is 0 Å². The fourth-order valence-electron chi connectivity index (χ4n) is 4.27. The van der Waals surface area contributed by atoms with E-state index in [0.29, 0.717) is 17.2 Å². The van der Waals surface area contributed by atoms with Gasteiger partial charge in [-0.25, -0.2) is 18.2 Å². The molecule has 12 heteroatoms. The highest BCUT2D eigenvalue weighted by molar-refractivity contribution is 6.16. The van der Waals surface area contributed by atoms with Crippen LogP contribution in [-0.2, 0) is 5.88 Å². The SMILES string of the molecule is Oc1c(F)cccc1-c1cc2c(nn1)NC[C@]1(C(F)F)C[C@@H](Oc3cnc(CCl)cn3)CN21. The lowest BCUT2D eigenvalue weighted by Gasteiger charge is -2.43. The highest BCUT2D eigenvalue weighted by atomic mass is 35.5. The van der Waals surface area contributed by atoms with Gasteiger partial charge in [-0.1, -0.05) is 6.07 Å². The zero-order chi connectivity index (χ0) is 23.2. The summed E-state index contributed by atoms with van der Waals surface area (Å²) in [5.74, 6) is -0.673. The molecule has 5 rings (SSSR count). The third-order valence-corrected chi connectivity index (χ3v) is 6.18. The predicted octanol–water partition coefficient (Wildman–Crippen LogP) is 3.60. The first-order chi connectivity index (χ1) is 15.9. The number of ether oxygens (including phenoxy) is 1. The summed E-state index contributed by atoms with van der Waals surface area (Å²) in [6.45, 7) is 0.0753. The van der Waals surface area contributed by atoms with Gasteiger partial charge in [-0.3, -0.25) is 4.98 Å². The molecule has 0 saturated carbocycles. The molecule has 0 amide bonds. The molecule has 2 N–H and O–H groups in total. The maximum absolute atomic E-state index is 14.4. The van der Waals surface area contributed by atoms with Crippen molar-refractivity contribution < 1.29 is 23.0 Å². The molecule has 2 aromatic heterocycles. The molecule has 33 heavy (non-hydrogen) atoms. The first-order valence-corrected chi connectivity index (χ1v) is 10.6. The Morgan fingerprint density at radius 1 is 1.27 bits per heavy atom. The molecular formula is C21H18ClF3N6O2. The third-order valence-electron chi connectivity index (χ3n) is 5.91. The molecule has 1 fully saturated rings. The lowest BCUT2D eigenvalue weighted by Crippen LogP contribution is -2.57. The number of benzene rings is 1. The summed E-state index contributed by atoms with van der Waals surface area (Å²) in [7, 11) is 0. The average Bonchev–Trinajstić information content (AvgIpc) is 3.21. The van der Waals surface area contributed by atoms with Crippen LogP contribution in [0.1, 0.15) is 12.1 Å². The second-order valence-corrected chi connectivity index (χ2v) is 8.16. The molecule has 0 spiro atoms. The van der Waals surface area contributed by atoms with E-state index in [1.54, 1.807) is 4.90 Å². The number of fused-ring (bicyclic) bond motifs is 3. The van der Waals surface area contributed by atoms with Crippen molar-refractivity contribution in [1.29, 1.82) is 0 Å². The summed E-state index contributed by atoms with van der Waals surface area (Å²) >= 11 is 5.72. The fourth-order valence-corrected chi connectivity index (χ4v) is 4.41. The highest BCUT2D eigenvalue weighted by Crippen LogP contribution is 2.46. The van der Waals surface area contributed by atoms with Crippen molar-refractivity contribution in [3.8, 4) is 22.9 Å². The number of hydrogen-bond acceptors (Lipinski definition) is 8. The number of alkyl halides is 3. The van der Waals surface area contributed by atoms with Gasteiger partial charge in [-0.2, -0.15) is 0 Å². The normalized spacial score (nSPS) is 21.5. The molecule has 8 nitrogen and oxygen atoms in total. The Kier molecular flexibility index (Phi) is 5.35. The molecule has 0 radical (unpaired) electrons. The summed E-state index contributed by atoms with van der Waals surface area (Å²) in [5, 5.41) is 21.1. The lowest BCUT2D eigenvalue weighted by atomic mass is 9.93. The number of aromatic nitrogens is 4. The summed E-state index contributed by atoms with van der Waals surface area (Å²) in [4.78, 5) is 9.80. The number of phenolic OH excluding ortho intramolecular Hbond substituents is 1. The largest absolute Gasteiger partial charge is 0.504 e. The van der Waals surface area contributed by atoms with Gasteiger partial charge in [0, 0.05) is 18.5 Å². The van der Waals surface area contributed by atoms with E-state index in [1.165, 1.54) is 30.6 Å². The summed E-state index contributed by atoms with van der Waals surface area (Å²) in [6.07, 6.45) is -0.388. The van der Waals surface area contributed by atoms with Gasteiger partial charge in [0.05, 0.1) is 41.9 Å². The Bertz CT molecular complexity index is 1190. The van der Waals surface area contributed by atoms with Gasteiger partial charge >= 0.3 is 0 Å². The molecule has 2 atom stereocenters. The first-order valence-electron chi connectivity index (χ1n) is 10.1. The molecule has 3 aromatic rings. The van der Waals surface area contributed by atoms with E-state index in [0.717, 1.165) is 6.07 Å². The van der Waals surface area contributed by atoms with Crippen molar-refractivity contribution >= 4 is 23.1 Å². The van der Waals surface area contributed by atoms with Crippen LogP contribution in [-0.4, -0.2) is 56.4 Å². The average molecular weight is 479 g/mol. The molecule has 2 aliphatic rings. The van der Waals surface area contributed by atoms with Gasteiger partial charge in [-0.05, 0) is 18.2 Å². The Morgan fingerprint density at radius 2 is 2.12 bits per heavy atom. The van der Waals surface area contributed by atoms with Gasteiger partial charge in [0.2, 0.25) is 5.88 Å². The van der Waals surface area contributed by atoms with Crippen molar-refractivity contribution in [3.63, 3.8) is 0 Å². The van der Waals surface area contributed by atoms with Crippen LogP contribution in [0.15, 0.2) is 36.7 Å². The molecule has 0 aliphatic carbocycles. The Balaban J connectivity index is 1.49. The quantitative estimate of drug-likeness (QED) is 0.537. The van der Waals surface area contributed by atoms with Crippen molar-refractivity contribution in [3.05, 3.63) is 48.2 Å².